The van der Waals surface area contributed by atoms with Crippen molar-refractivity contribution >= 4 is 11.3 Å². The first-order valence-electron chi connectivity index (χ1n) is 3.92. The Kier molecular flexibility index (Phi) is 3.01. The lowest BCUT2D eigenvalue weighted by molar-refractivity contribution is -0.375. The van der Waals surface area contributed by atoms with Crippen LogP contribution in [0.5, 0.6) is 0 Å². The third-order valence-electron chi connectivity index (χ3n) is 2.01. The van der Waals surface area contributed by atoms with Gasteiger partial charge >= 0.3 is 12.4 Å². The number of rotatable bonds is 1. The maximum atomic E-state index is 12.4. The van der Waals surface area contributed by atoms with E-state index in [1.165, 1.54) is 0 Å². The van der Waals surface area contributed by atoms with Crippen LogP contribution in [0.3, 0.4) is 0 Å². The van der Waals surface area contributed by atoms with E-state index in [0.29, 0.717) is 0 Å². The molecule has 0 saturated heterocycles. The summed E-state index contributed by atoms with van der Waals surface area (Å²) in [6, 6.07) is 1.09. The molecular weight excluding hydrogens is 258 g/mol. The van der Waals surface area contributed by atoms with E-state index in [1.807, 2.05) is 0 Å². The van der Waals surface area contributed by atoms with Crippen LogP contribution >= 0.6 is 11.3 Å². The van der Waals surface area contributed by atoms with E-state index in [0.717, 1.165) is 18.4 Å². The maximum absolute atomic E-state index is 12.4. The summed E-state index contributed by atoms with van der Waals surface area (Å²) in [5, 5.41) is 10.0. The third-order valence-corrected chi connectivity index (χ3v) is 3.14. The smallest absolute Gasteiger partial charge is 0.369 e. The lowest BCUT2D eigenvalue weighted by Gasteiger charge is -2.32. The first-order chi connectivity index (χ1) is 7.02. The van der Waals surface area contributed by atoms with Crippen LogP contribution in [0.2, 0.25) is 0 Å². The van der Waals surface area contributed by atoms with Crippen molar-refractivity contribution in [3.63, 3.8) is 0 Å². The highest BCUT2D eigenvalue weighted by Crippen LogP contribution is 2.52. The van der Waals surface area contributed by atoms with Gasteiger partial charge in [0, 0.05) is 0 Å². The SMILES string of the molecule is Cc1ccsc1C(O)(C(F)(F)F)C(F)(F)F. The van der Waals surface area contributed by atoms with E-state index in [2.05, 4.69) is 0 Å². The quantitative estimate of drug-likeness (QED) is 0.771. The predicted octanol–water partition coefficient (Wildman–Crippen LogP) is 3.37. The number of alkyl halides is 6. The maximum Gasteiger partial charge on any atom is 0.431 e. The van der Waals surface area contributed by atoms with Crippen LogP contribution in [0.4, 0.5) is 26.3 Å². The Labute approximate surface area is 90.3 Å². The molecule has 1 aromatic heterocycles. The summed E-state index contributed by atoms with van der Waals surface area (Å²) < 4.78 is 74.3. The summed E-state index contributed by atoms with van der Waals surface area (Å²) in [5.74, 6) is 0. The van der Waals surface area contributed by atoms with Crippen molar-refractivity contribution in [2.45, 2.75) is 24.9 Å². The minimum atomic E-state index is -5.80. The number of thiophene rings is 1. The summed E-state index contributed by atoms with van der Waals surface area (Å²) in [6.07, 6.45) is -11.6. The van der Waals surface area contributed by atoms with Crippen LogP contribution in [0.1, 0.15) is 10.4 Å². The zero-order chi connectivity index (χ0) is 12.8. The first-order valence-corrected chi connectivity index (χ1v) is 4.80. The zero-order valence-electron chi connectivity index (χ0n) is 7.78. The molecule has 1 nitrogen and oxygen atoms in total. The van der Waals surface area contributed by atoms with Gasteiger partial charge < -0.3 is 5.11 Å². The topological polar surface area (TPSA) is 20.2 Å². The summed E-state index contributed by atoms with van der Waals surface area (Å²) in [6.45, 7) is 1.08. The molecule has 0 saturated carbocycles. The van der Waals surface area contributed by atoms with Crippen molar-refractivity contribution in [2.75, 3.05) is 0 Å². The van der Waals surface area contributed by atoms with Gasteiger partial charge in [-0.1, -0.05) is 0 Å². The van der Waals surface area contributed by atoms with Crippen molar-refractivity contribution in [2.24, 2.45) is 0 Å². The Bertz CT molecular complexity index is 363. The zero-order valence-corrected chi connectivity index (χ0v) is 8.59. The molecule has 0 atom stereocenters. The van der Waals surface area contributed by atoms with Gasteiger partial charge in [0.05, 0.1) is 4.88 Å². The van der Waals surface area contributed by atoms with Gasteiger partial charge in [0.15, 0.2) is 0 Å². The molecule has 1 heterocycles. The molecule has 0 unspecified atom stereocenters. The molecule has 1 aromatic rings. The fourth-order valence-corrected chi connectivity index (χ4v) is 2.23. The molecule has 16 heavy (non-hydrogen) atoms. The molecule has 1 N–H and O–H groups in total. The van der Waals surface area contributed by atoms with Gasteiger partial charge in [-0.2, -0.15) is 26.3 Å². The van der Waals surface area contributed by atoms with Crippen LogP contribution in [-0.2, 0) is 5.60 Å². The molecule has 0 aromatic carbocycles. The van der Waals surface area contributed by atoms with Crippen LogP contribution in [0.25, 0.3) is 0 Å². The Hall–Kier alpha value is -0.760. The highest BCUT2D eigenvalue weighted by atomic mass is 32.1. The lowest BCUT2D eigenvalue weighted by Crippen LogP contribution is -2.53. The largest absolute Gasteiger partial charge is 0.431 e. The Balaban J connectivity index is 3.45. The fraction of sp³-hybridized carbons (Fsp3) is 0.500. The van der Waals surface area contributed by atoms with E-state index in [9.17, 15) is 26.3 Å². The molecule has 1 rings (SSSR count). The number of hydrogen-bond donors (Lipinski definition) is 1. The minimum absolute atomic E-state index is 0.220. The molecule has 8 heteroatoms. The number of halogens is 6. The molecule has 0 fully saturated rings. The fourth-order valence-electron chi connectivity index (χ4n) is 1.16. The van der Waals surface area contributed by atoms with Crippen molar-refractivity contribution in [3.05, 3.63) is 21.9 Å². The molecule has 0 radical (unpaired) electrons. The van der Waals surface area contributed by atoms with Gasteiger partial charge in [-0.05, 0) is 23.9 Å². The molecule has 0 amide bonds. The third kappa shape index (κ3) is 1.80. The predicted molar refractivity (Wildman–Crippen MR) is 45.1 cm³/mol. The molecule has 0 aliphatic carbocycles. The summed E-state index contributed by atoms with van der Waals surface area (Å²) >= 11 is 0.220. The average Bonchev–Trinajstić information content (AvgIpc) is 2.46. The monoisotopic (exact) mass is 264 g/mol. The summed E-state index contributed by atoms with van der Waals surface area (Å²) in [7, 11) is 0. The molecule has 0 spiro atoms. The summed E-state index contributed by atoms with van der Waals surface area (Å²) in [5.41, 5.74) is -5.04. The molecule has 0 bridgehead atoms. The standard InChI is InChI=1S/C8H6F6OS/c1-4-2-3-16-5(4)6(15,7(9,10)11)8(12,13)14/h2-3,15H,1H3. The molecular formula is C8H6F6OS. The van der Waals surface area contributed by atoms with E-state index >= 15 is 0 Å². The second-order valence-corrected chi connectivity index (χ2v) is 4.05. The second kappa shape index (κ2) is 3.63. The van der Waals surface area contributed by atoms with Crippen molar-refractivity contribution in [3.8, 4) is 0 Å². The van der Waals surface area contributed by atoms with E-state index < -0.39 is 22.8 Å². The average molecular weight is 264 g/mol. The van der Waals surface area contributed by atoms with Crippen LogP contribution in [0, 0.1) is 6.92 Å². The Morgan fingerprint density at radius 2 is 1.50 bits per heavy atom. The van der Waals surface area contributed by atoms with Gasteiger partial charge in [0.25, 0.3) is 5.60 Å². The lowest BCUT2D eigenvalue weighted by atomic mass is 9.98. The van der Waals surface area contributed by atoms with E-state index in [1.54, 1.807) is 0 Å². The Morgan fingerprint density at radius 3 is 1.75 bits per heavy atom. The van der Waals surface area contributed by atoms with Crippen molar-refractivity contribution < 1.29 is 31.4 Å². The van der Waals surface area contributed by atoms with Crippen molar-refractivity contribution in [1.82, 2.24) is 0 Å². The minimum Gasteiger partial charge on any atom is -0.369 e. The normalized spacial score (nSPS) is 14.2. The van der Waals surface area contributed by atoms with Gasteiger partial charge in [-0.25, -0.2) is 0 Å². The van der Waals surface area contributed by atoms with Gasteiger partial charge in [0.1, 0.15) is 0 Å². The number of aryl methyl sites for hydroxylation is 1. The molecule has 0 aliphatic rings. The van der Waals surface area contributed by atoms with Crippen LogP contribution in [-0.4, -0.2) is 17.5 Å². The van der Waals surface area contributed by atoms with E-state index in [4.69, 9.17) is 5.11 Å². The number of hydrogen-bond acceptors (Lipinski definition) is 2. The van der Waals surface area contributed by atoms with Gasteiger partial charge in [-0.15, -0.1) is 11.3 Å². The summed E-state index contributed by atoms with van der Waals surface area (Å²) in [4.78, 5) is -1.15. The highest BCUT2D eigenvalue weighted by Gasteiger charge is 2.72. The number of aliphatic hydroxyl groups is 1. The van der Waals surface area contributed by atoms with Gasteiger partial charge in [-0.3, -0.25) is 0 Å². The van der Waals surface area contributed by atoms with Crippen LogP contribution < -0.4 is 0 Å². The van der Waals surface area contributed by atoms with Crippen LogP contribution in [0.15, 0.2) is 11.4 Å². The van der Waals surface area contributed by atoms with E-state index in [-0.39, 0.29) is 16.9 Å². The molecule has 0 aliphatic heterocycles. The first kappa shape index (κ1) is 13.3. The van der Waals surface area contributed by atoms with Crippen molar-refractivity contribution in [1.29, 1.82) is 0 Å². The van der Waals surface area contributed by atoms with Gasteiger partial charge in [0.2, 0.25) is 0 Å². The Morgan fingerprint density at radius 1 is 1.06 bits per heavy atom. The second-order valence-electron chi connectivity index (χ2n) is 3.14. The molecule has 92 valence electrons. The highest BCUT2D eigenvalue weighted by molar-refractivity contribution is 7.10.